The second kappa shape index (κ2) is 7.86. The molecular formula is C19H21N3O4. The molecule has 1 aromatic carbocycles. The molecule has 7 heteroatoms. The first kappa shape index (κ1) is 17.7. The minimum absolute atomic E-state index is 0.104. The number of rotatable bonds is 5. The lowest BCUT2D eigenvalue weighted by molar-refractivity contribution is -0.118. The topological polar surface area (TPSA) is 89.5 Å². The van der Waals surface area contributed by atoms with Gasteiger partial charge in [0.15, 0.2) is 11.5 Å². The largest absolute Gasteiger partial charge is 0.486 e. The van der Waals surface area contributed by atoms with Gasteiger partial charge in [0.25, 0.3) is 5.91 Å². The number of carbonyl (C=O) groups excluding carboxylic acids is 2. The summed E-state index contributed by atoms with van der Waals surface area (Å²) in [6, 6.07) is 7.89. The van der Waals surface area contributed by atoms with Crippen LogP contribution in [0.25, 0.3) is 0 Å². The van der Waals surface area contributed by atoms with E-state index in [4.69, 9.17) is 9.47 Å². The highest BCUT2D eigenvalue weighted by Gasteiger charge is 2.27. The van der Waals surface area contributed by atoms with Crippen LogP contribution in [0.5, 0.6) is 11.5 Å². The molecule has 1 atom stereocenters. The van der Waals surface area contributed by atoms with E-state index in [1.54, 1.807) is 42.7 Å². The predicted octanol–water partition coefficient (Wildman–Crippen LogP) is 2.25. The molecule has 2 amide bonds. The van der Waals surface area contributed by atoms with Crippen molar-refractivity contribution in [1.29, 1.82) is 0 Å². The molecule has 7 nitrogen and oxygen atoms in total. The number of fused-ring (bicyclic) bond motifs is 1. The molecule has 26 heavy (non-hydrogen) atoms. The summed E-state index contributed by atoms with van der Waals surface area (Å²) in [5.74, 6) is 0.152. The Kier molecular flexibility index (Phi) is 5.36. The number of hydrogen-bond donors (Lipinski definition) is 2. The van der Waals surface area contributed by atoms with Gasteiger partial charge in [0.2, 0.25) is 5.91 Å². The highest BCUT2D eigenvalue weighted by atomic mass is 16.6. The smallest absolute Gasteiger partial charge is 0.255 e. The summed E-state index contributed by atoms with van der Waals surface area (Å²) < 4.78 is 11.1. The summed E-state index contributed by atoms with van der Waals surface area (Å²) in [7, 11) is 0. The van der Waals surface area contributed by atoms with Crippen molar-refractivity contribution in [3.63, 3.8) is 0 Å². The molecule has 0 spiro atoms. The zero-order valence-corrected chi connectivity index (χ0v) is 14.7. The summed E-state index contributed by atoms with van der Waals surface area (Å²) in [5.41, 5.74) is 0.924. The summed E-state index contributed by atoms with van der Waals surface area (Å²) in [4.78, 5) is 29.3. The van der Waals surface area contributed by atoms with E-state index in [0.29, 0.717) is 36.0 Å². The van der Waals surface area contributed by atoms with Crippen LogP contribution < -0.4 is 20.1 Å². The Bertz CT molecular complexity index is 793. The monoisotopic (exact) mass is 355 g/mol. The van der Waals surface area contributed by atoms with Gasteiger partial charge in [-0.2, -0.15) is 0 Å². The quantitative estimate of drug-likeness (QED) is 0.859. The van der Waals surface area contributed by atoms with Gasteiger partial charge in [-0.05, 0) is 30.2 Å². The van der Waals surface area contributed by atoms with Gasteiger partial charge in [-0.25, -0.2) is 0 Å². The zero-order chi connectivity index (χ0) is 18.5. The number of carbonyl (C=O) groups is 2. The van der Waals surface area contributed by atoms with Crippen molar-refractivity contribution in [2.45, 2.75) is 19.9 Å². The number of aromatic nitrogens is 1. The molecule has 0 fully saturated rings. The number of hydrogen-bond acceptors (Lipinski definition) is 5. The first-order chi connectivity index (χ1) is 12.6. The van der Waals surface area contributed by atoms with Crippen molar-refractivity contribution < 1.29 is 19.1 Å². The van der Waals surface area contributed by atoms with Crippen LogP contribution in [-0.4, -0.2) is 36.1 Å². The fourth-order valence-electron chi connectivity index (χ4n) is 2.66. The minimum Gasteiger partial charge on any atom is -0.486 e. The number of nitrogens with zero attached hydrogens (tertiary/aromatic N) is 1. The maximum absolute atomic E-state index is 12.7. The SMILES string of the molecule is CC(C)[C@H](NC(=O)c1cccc2c1OCCO2)C(=O)Nc1cccnc1. The van der Waals surface area contributed by atoms with Gasteiger partial charge in [-0.1, -0.05) is 19.9 Å². The second-order valence-electron chi connectivity index (χ2n) is 6.26. The lowest BCUT2D eigenvalue weighted by Gasteiger charge is -2.24. The molecule has 0 bridgehead atoms. The van der Waals surface area contributed by atoms with E-state index in [1.165, 1.54) is 0 Å². The zero-order valence-electron chi connectivity index (χ0n) is 14.7. The van der Waals surface area contributed by atoms with Gasteiger partial charge >= 0.3 is 0 Å². The van der Waals surface area contributed by atoms with Crippen LogP contribution in [0, 0.1) is 5.92 Å². The molecule has 2 heterocycles. The van der Waals surface area contributed by atoms with E-state index >= 15 is 0 Å². The Labute approximate surface area is 151 Å². The van der Waals surface area contributed by atoms with E-state index < -0.39 is 6.04 Å². The summed E-state index contributed by atoms with van der Waals surface area (Å²) in [6.45, 7) is 4.56. The van der Waals surface area contributed by atoms with Crippen molar-refractivity contribution in [1.82, 2.24) is 10.3 Å². The number of nitrogens with one attached hydrogen (secondary N) is 2. The molecule has 3 rings (SSSR count). The van der Waals surface area contributed by atoms with Crippen LogP contribution in [0.4, 0.5) is 5.69 Å². The number of pyridine rings is 1. The molecule has 0 unspecified atom stereocenters. The molecule has 136 valence electrons. The summed E-state index contributed by atoms with van der Waals surface area (Å²) in [5, 5.41) is 5.57. The minimum atomic E-state index is -0.705. The maximum atomic E-state index is 12.7. The van der Waals surface area contributed by atoms with Crippen molar-refractivity contribution in [2.24, 2.45) is 5.92 Å². The summed E-state index contributed by atoms with van der Waals surface area (Å²) in [6.07, 6.45) is 3.17. The van der Waals surface area contributed by atoms with Crippen molar-refractivity contribution in [3.05, 3.63) is 48.3 Å². The molecule has 1 aromatic heterocycles. The van der Waals surface area contributed by atoms with Crippen LogP contribution >= 0.6 is 0 Å². The Morgan fingerprint density at radius 3 is 2.65 bits per heavy atom. The number of amides is 2. The second-order valence-corrected chi connectivity index (χ2v) is 6.26. The van der Waals surface area contributed by atoms with Gasteiger partial charge in [-0.3, -0.25) is 14.6 Å². The Hall–Kier alpha value is -3.09. The third kappa shape index (κ3) is 3.93. The third-order valence-electron chi connectivity index (χ3n) is 3.98. The number of benzene rings is 1. The standard InChI is InChI=1S/C19H21N3O4/c1-12(2)16(19(24)21-13-5-4-8-20-11-13)22-18(23)14-6-3-7-15-17(14)26-10-9-25-15/h3-8,11-12,16H,9-10H2,1-2H3,(H,21,24)(H,22,23)/t16-/m0/s1. The average molecular weight is 355 g/mol. The van der Waals surface area contributed by atoms with Gasteiger partial charge < -0.3 is 20.1 Å². The molecule has 2 aromatic rings. The Morgan fingerprint density at radius 1 is 1.12 bits per heavy atom. The number of anilines is 1. The van der Waals surface area contributed by atoms with Crippen LogP contribution in [0.2, 0.25) is 0 Å². The van der Waals surface area contributed by atoms with Crippen molar-refractivity contribution in [2.75, 3.05) is 18.5 Å². The molecule has 1 aliphatic rings. The van der Waals surface area contributed by atoms with Gasteiger partial charge in [0, 0.05) is 6.20 Å². The summed E-state index contributed by atoms with van der Waals surface area (Å²) >= 11 is 0. The lowest BCUT2D eigenvalue weighted by Crippen LogP contribution is -2.47. The highest BCUT2D eigenvalue weighted by molar-refractivity contribution is 6.03. The molecular weight excluding hydrogens is 334 g/mol. The first-order valence-corrected chi connectivity index (χ1v) is 8.46. The molecule has 2 N–H and O–H groups in total. The average Bonchev–Trinajstić information content (AvgIpc) is 2.66. The van der Waals surface area contributed by atoms with Crippen LogP contribution in [0.3, 0.4) is 0 Å². The highest BCUT2D eigenvalue weighted by Crippen LogP contribution is 2.33. The van der Waals surface area contributed by atoms with E-state index in [9.17, 15) is 9.59 Å². The molecule has 0 radical (unpaired) electrons. The van der Waals surface area contributed by atoms with E-state index in [0.717, 1.165) is 0 Å². The van der Waals surface area contributed by atoms with Crippen LogP contribution in [0.1, 0.15) is 24.2 Å². The van der Waals surface area contributed by atoms with E-state index in [1.807, 2.05) is 13.8 Å². The van der Waals surface area contributed by atoms with Crippen molar-refractivity contribution >= 4 is 17.5 Å². The molecule has 0 saturated heterocycles. The van der Waals surface area contributed by atoms with E-state index in [2.05, 4.69) is 15.6 Å². The van der Waals surface area contributed by atoms with Gasteiger partial charge in [0.05, 0.1) is 17.4 Å². The Morgan fingerprint density at radius 2 is 1.92 bits per heavy atom. The van der Waals surface area contributed by atoms with Crippen molar-refractivity contribution in [3.8, 4) is 11.5 Å². The first-order valence-electron chi connectivity index (χ1n) is 8.46. The van der Waals surface area contributed by atoms with Gasteiger partial charge in [0.1, 0.15) is 19.3 Å². The molecule has 1 aliphatic heterocycles. The maximum Gasteiger partial charge on any atom is 0.255 e. The number of para-hydroxylation sites is 1. The molecule has 0 aliphatic carbocycles. The van der Waals surface area contributed by atoms with Crippen LogP contribution in [-0.2, 0) is 4.79 Å². The third-order valence-corrected chi connectivity index (χ3v) is 3.98. The Balaban J connectivity index is 1.76. The van der Waals surface area contributed by atoms with Gasteiger partial charge in [-0.15, -0.1) is 0 Å². The number of ether oxygens (including phenoxy) is 2. The molecule has 0 saturated carbocycles. The van der Waals surface area contributed by atoms with E-state index in [-0.39, 0.29) is 17.7 Å². The van der Waals surface area contributed by atoms with Crippen LogP contribution in [0.15, 0.2) is 42.7 Å². The fraction of sp³-hybridized carbons (Fsp3) is 0.316. The fourth-order valence-corrected chi connectivity index (χ4v) is 2.66. The lowest BCUT2D eigenvalue weighted by atomic mass is 10.0. The predicted molar refractivity (Wildman–Crippen MR) is 96.4 cm³/mol. The normalized spacial score (nSPS) is 13.8.